The quantitative estimate of drug-likeness (QED) is 0.335. The number of rotatable bonds is 8. The number of benzene rings is 2. The van der Waals surface area contributed by atoms with Crippen molar-refractivity contribution in [3.8, 4) is 5.75 Å². The highest BCUT2D eigenvalue weighted by Gasteiger charge is 2.02. The Kier molecular flexibility index (Phi) is 10.1. The third kappa shape index (κ3) is 9.05. The first-order chi connectivity index (χ1) is 12.4. The molecule has 0 unspecified atom stereocenters. The summed E-state index contributed by atoms with van der Waals surface area (Å²) in [5.41, 5.74) is 7.85. The normalized spacial score (nSPS) is 11.4. The summed E-state index contributed by atoms with van der Waals surface area (Å²) in [4.78, 5) is 6.45. The van der Waals surface area contributed by atoms with Gasteiger partial charge in [-0.1, -0.05) is 12.1 Å². The van der Waals surface area contributed by atoms with Gasteiger partial charge in [0.1, 0.15) is 11.6 Å². The molecule has 0 aromatic heterocycles. The fourth-order valence-electron chi connectivity index (χ4n) is 2.40. The van der Waals surface area contributed by atoms with Crippen LogP contribution >= 0.6 is 24.0 Å². The van der Waals surface area contributed by atoms with E-state index in [1.807, 2.05) is 45.2 Å². The van der Waals surface area contributed by atoms with E-state index >= 15 is 0 Å². The number of aliphatic imine (C=N–C) groups is 1. The summed E-state index contributed by atoms with van der Waals surface area (Å²) in [6.07, 6.45) is 0.146. The summed E-state index contributed by atoms with van der Waals surface area (Å²) in [5, 5.41) is 3.06. The third-order valence-electron chi connectivity index (χ3n) is 3.63. The second kappa shape index (κ2) is 11.8. The van der Waals surface area contributed by atoms with Gasteiger partial charge in [0, 0.05) is 18.8 Å². The van der Waals surface area contributed by atoms with Crippen LogP contribution in [0, 0.1) is 5.82 Å². The van der Waals surface area contributed by atoms with Gasteiger partial charge in [0.05, 0.1) is 12.6 Å². The van der Waals surface area contributed by atoms with Crippen molar-refractivity contribution in [1.82, 2.24) is 4.90 Å². The molecule has 5 nitrogen and oxygen atoms in total. The number of nitrogens with two attached hydrogens (primary N) is 1. The molecule has 2 aromatic carbocycles. The minimum absolute atomic E-state index is 0. The molecular formula is C20H28FIN4O. The number of nitrogens with one attached hydrogen (secondary N) is 1. The van der Waals surface area contributed by atoms with E-state index < -0.39 is 0 Å². The molecule has 0 spiro atoms. The number of halogens is 2. The molecule has 0 saturated heterocycles. The highest BCUT2D eigenvalue weighted by Crippen LogP contribution is 2.16. The zero-order chi connectivity index (χ0) is 18.9. The number of guanidine groups is 1. The summed E-state index contributed by atoms with van der Waals surface area (Å²) in [7, 11) is 2.00. The Bertz CT molecular complexity index is 705. The van der Waals surface area contributed by atoms with Crippen LogP contribution in [0.15, 0.2) is 53.5 Å². The molecule has 0 saturated carbocycles. The number of likely N-dealkylation sites (N-methyl/N-ethyl adjacent to an activating group) is 1. The van der Waals surface area contributed by atoms with Crippen molar-refractivity contribution >= 4 is 35.6 Å². The van der Waals surface area contributed by atoms with Crippen LogP contribution < -0.4 is 15.8 Å². The van der Waals surface area contributed by atoms with Crippen LogP contribution in [-0.2, 0) is 6.54 Å². The second-order valence-corrected chi connectivity index (χ2v) is 6.45. The predicted octanol–water partition coefficient (Wildman–Crippen LogP) is 4.09. The molecule has 0 aliphatic rings. The van der Waals surface area contributed by atoms with Crippen molar-refractivity contribution in [2.45, 2.75) is 26.5 Å². The molecule has 148 valence electrons. The molecule has 0 heterocycles. The van der Waals surface area contributed by atoms with Crippen LogP contribution in [0.2, 0.25) is 0 Å². The average molecular weight is 486 g/mol. The Morgan fingerprint density at radius 1 is 1.15 bits per heavy atom. The number of nitrogens with zero attached hydrogens (tertiary/aromatic N) is 2. The lowest BCUT2D eigenvalue weighted by Crippen LogP contribution is -2.26. The zero-order valence-corrected chi connectivity index (χ0v) is 18.3. The fraction of sp³-hybridized carbons (Fsp3) is 0.350. The van der Waals surface area contributed by atoms with Gasteiger partial charge in [0.15, 0.2) is 5.96 Å². The molecule has 2 rings (SSSR count). The minimum Gasteiger partial charge on any atom is -0.491 e. The molecule has 0 aliphatic heterocycles. The van der Waals surface area contributed by atoms with Crippen LogP contribution in [0.4, 0.5) is 10.1 Å². The van der Waals surface area contributed by atoms with E-state index in [0.29, 0.717) is 12.5 Å². The summed E-state index contributed by atoms with van der Waals surface area (Å²) in [6, 6.07) is 14.1. The standard InChI is InChI=1S/C20H27FN4O.HI/c1-15(2)26-19-10-8-18(9-11-19)24-20(22)23-12-13-25(3)14-16-4-6-17(21)7-5-16;/h4-11,15H,12-14H2,1-3H3,(H3,22,23,24);1H. The summed E-state index contributed by atoms with van der Waals surface area (Å²) in [6.45, 7) is 6.04. The molecule has 0 atom stereocenters. The van der Waals surface area contributed by atoms with Crippen LogP contribution in [0.5, 0.6) is 5.75 Å². The first kappa shape index (κ1) is 23.2. The zero-order valence-electron chi connectivity index (χ0n) is 16.0. The molecule has 0 radical (unpaired) electrons. The van der Waals surface area contributed by atoms with Gasteiger partial charge in [-0.25, -0.2) is 4.39 Å². The number of ether oxygens (including phenoxy) is 1. The number of hydrogen-bond donors (Lipinski definition) is 2. The van der Waals surface area contributed by atoms with Crippen molar-refractivity contribution in [1.29, 1.82) is 0 Å². The SMILES string of the molecule is CC(C)Oc1ccc(NC(N)=NCCN(C)Cc2ccc(F)cc2)cc1.I. The van der Waals surface area contributed by atoms with Gasteiger partial charge < -0.3 is 20.7 Å². The summed E-state index contributed by atoms with van der Waals surface area (Å²) in [5.74, 6) is 0.977. The Morgan fingerprint density at radius 3 is 2.37 bits per heavy atom. The maximum atomic E-state index is 12.9. The summed E-state index contributed by atoms with van der Waals surface area (Å²) >= 11 is 0. The maximum Gasteiger partial charge on any atom is 0.193 e. The van der Waals surface area contributed by atoms with Gasteiger partial charge >= 0.3 is 0 Å². The van der Waals surface area contributed by atoms with Crippen molar-refractivity contribution in [2.24, 2.45) is 10.7 Å². The monoisotopic (exact) mass is 486 g/mol. The Balaban J connectivity index is 0.00000364. The summed E-state index contributed by atoms with van der Waals surface area (Å²) < 4.78 is 18.5. The molecule has 3 N–H and O–H groups in total. The smallest absolute Gasteiger partial charge is 0.193 e. The molecule has 7 heteroatoms. The van der Waals surface area contributed by atoms with Crippen LogP contribution in [0.3, 0.4) is 0 Å². The Hall–Kier alpha value is -1.87. The molecule has 0 fully saturated rings. The van der Waals surface area contributed by atoms with Crippen molar-refractivity contribution in [2.75, 3.05) is 25.5 Å². The molecule has 2 aromatic rings. The van der Waals surface area contributed by atoms with E-state index in [2.05, 4.69) is 15.2 Å². The van der Waals surface area contributed by atoms with Gasteiger partial charge in [0.2, 0.25) is 0 Å². The lowest BCUT2D eigenvalue weighted by Gasteiger charge is -2.15. The minimum atomic E-state index is -0.219. The van der Waals surface area contributed by atoms with Gasteiger partial charge in [0.25, 0.3) is 0 Å². The predicted molar refractivity (Wildman–Crippen MR) is 120 cm³/mol. The third-order valence-corrected chi connectivity index (χ3v) is 3.63. The van der Waals surface area contributed by atoms with Crippen molar-refractivity contribution in [3.63, 3.8) is 0 Å². The molecule has 0 bridgehead atoms. The Morgan fingerprint density at radius 2 is 1.78 bits per heavy atom. The fourth-order valence-corrected chi connectivity index (χ4v) is 2.40. The van der Waals surface area contributed by atoms with E-state index in [0.717, 1.165) is 30.1 Å². The van der Waals surface area contributed by atoms with Gasteiger partial charge in [-0.15, -0.1) is 24.0 Å². The lowest BCUT2D eigenvalue weighted by molar-refractivity contribution is 0.242. The van der Waals surface area contributed by atoms with Gasteiger partial charge in [-0.2, -0.15) is 0 Å². The molecule has 27 heavy (non-hydrogen) atoms. The molecular weight excluding hydrogens is 458 g/mol. The van der Waals surface area contributed by atoms with Crippen LogP contribution in [-0.4, -0.2) is 37.1 Å². The van der Waals surface area contributed by atoms with Crippen molar-refractivity contribution < 1.29 is 9.13 Å². The van der Waals surface area contributed by atoms with Crippen molar-refractivity contribution in [3.05, 3.63) is 59.9 Å². The first-order valence-electron chi connectivity index (χ1n) is 8.69. The van der Waals surface area contributed by atoms with E-state index in [9.17, 15) is 4.39 Å². The second-order valence-electron chi connectivity index (χ2n) is 6.45. The highest BCUT2D eigenvalue weighted by atomic mass is 127. The highest BCUT2D eigenvalue weighted by molar-refractivity contribution is 14.0. The average Bonchev–Trinajstić information content (AvgIpc) is 2.58. The number of anilines is 1. The largest absolute Gasteiger partial charge is 0.491 e. The van der Waals surface area contributed by atoms with Crippen LogP contribution in [0.1, 0.15) is 19.4 Å². The molecule has 0 amide bonds. The van der Waals surface area contributed by atoms with E-state index in [1.165, 1.54) is 12.1 Å². The maximum absolute atomic E-state index is 12.9. The van der Waals surface area contributed by atoms with Gasteiger partial charge in [-0.05, 0) is 62.9 Å². The first-order valence-corrected chi connectivity index (χ1v) is 8.69. The number of hydrogen-bond acceptors (Lipinski definition) is 3. The van der Waals surface area contributed by atoms with E-state index in [1.54, 1.807) is 12.1 Å². The van der Waals surface area contributed by atoms with Gasteiger partial charge in [-0.3, -0.25) is 4.99 Å². The van der Waals surface area contributed by atoms with E-state index in [-0.39, 0.29) is 35.9 Å². The Labute approximate surface area is 177 Å². The molecule has 0 aliphatic carbocycles. The topological polar surface area (TPSA) is 62.9 Å². The lowest BCUT2D eigenvalue weighted by atomic mass is 10.2. The van der Waals surface area contributed by atoms with Crippen LogP contribution in [0.25, 0.3) is 0 Å². The van der Waals surface area contributed by atoms with E-state index in [4.69, 9.17) is 10.5 Å².